The number of benzene rings is 1. The van der Waals surface area contributed by atoms with Crippen molar-refractivity contribution >= 4 is 40.9 Å². The molecule has 1 aliphatic rings. The molecule has 0 fully saturated rings. The lowest BCUT2D eigenvalue weighted by molar-refractivity contribution is -0.150. The summed E-state index contributed by atoms with van der Waals surface area (Å²) < 4.78 is 15.7. The Labute approximate surface area is 180 Å². The van der Waals surface area contributed by atoms with Crippen molar-refractivity contribution in [3.63, 3.8) is 0 Å². The average Bonchev–Trinajstić information content (AvgIpc) is 2.62. The van der Waals surface area contributed by atoms with Crippen molar-refractivity contribution in [1.29, 1.82) is 0 Å². The van der Waals surface area contributed by atoms with Crippen LogP contribution < -0.4 is 0 Å². The number of carbonyl (C=O) groups is 2. The molecule has 0 spiro atoms. The Kier molecular flexibility index (Phi) is 8.25. The second-order valence-electron chi connectivity index (χ2n) is 6.99. The summed E-state index contributed by atoms with van der Waals surface area (Å²) in [4.78, 5) is 30.3. The normalized spacial score (nSPS) is 19.2. The zero-order valence-electron chi connectivity index (χ0n) is 17.1. The van der Waals surface area contributed by atoms with Gasteiger partial charge in [-0.15, -0.1) is 0 Å². The summed E-state index contributed by atoms with van der Waals surface area (Å²) in [6.07, 6.45) is -0.324. The van der Waals surface area contributed by atoms with Gasteiger partial charge in [-0.25, -0.2) is 4.79 Å². The van der Waals surface area contributed by atoms with Crippen molar-refractivity contribution in [2.75, 3.05) is 20.3 Å². The largest absolute Gasteiger partial charge is 0.462 e. The number of aliphatic imine (C=N–C) groups is 1. The number of methoxy groups -OCH3 is 1. The number of halogens is 2. The molecule has 8 heteroatoms. The quantitative estimate of drug-likeness (QED) is 0.457. The van der Waals surface area contributed by atoms with Gasteiger partial charge in [0.15, 0.2) is 0 Å². The molecule has 0 radical (unpaired) electrons. The van der Waals surface area contributed by atoms with Crippen LogP contribution >= 0.6 is 23.2 Å². The molecule has 0 saturated carbocycles. The Balaban J connectivity index is 2.60. The van der Waals surface area contributed by atoms with Crippen molar-refractivity contribution < 1.29 is 23.8 Å². The zero-order chi connectivity index (χ0) is 21.7. The highest BCUT2D eigenvalue weighted by Crippen LogP contribution is 2.43. The van der Waals surface area contributed by atoms with E-state index in [9.17, 15) is 9.59 Å². The lowest BCUT2D eigenvalue weighted by Crippen LogP contribution is -2.37. The minimum atomic E-state index is -0.831. The summed E-state index contributed by atoms with van der Waals surface area (Å²) in [5.41, 5.74) is 1.78. The lowest BCUT2D eigenvalue weighted by Gasteiger charge is -2.32. The van der Waals surface area contributed by atoms with E-state index in [1.54, 1.807) is 45.9 Å². The minimum absolute atomic E-state index is 0.0753. The highest BCUT2D eigenvalue weighted by atomic mass is 35.5. The molecule has 0 aromatic heterocycles. The fourth-order valence-corrected chi connectivity index (χ4v) is 3.71. The number of hydrogen-bond donors (Lipinski definition) is 0. The molecule has 0 N–H and O–H groups in total. The SMILES string of the molecule is COCCOC(=O)C1=C(C)N=C(C)C(C(=O)OC(C)C)C1c1cc(Cl)ccc1Cl. The van der Waals surface area contributed by atoms with Crippen molar-refractivity contribution in [2.45, 2.75) is 39.7 Å². The third-order valence-corrected chi connectivity index (χ3v) is 5.05. The molecule has 2 unspecified atom stereocenters. The summed E-state index contributed by atoms with van der Waals surface area (Å²) in [7, 11) is 1.51. The minimum Gasteiger partial charge on any atom is -0.462 e. The highest BCUT2D eigenvalue weighted by molar-refractivity contribution is 6.33. The molecule has 0 bridgehead atoms. The molecule has 1 aromatic rings. The van der Waals surface area contributed by atoms with Gasteiger partial charge in [0.1, 0.15) is 12.5 Å². The molecule has 0 aliphatic carbocycles. The third-order valence-electron chi connectivity index (χ3n) is 4.47. The first kappa shape index (κ1) is 23.4. The van der Waals surface area contributed by atoms with Gasteiger partial charge in [0.2, 0.25) is 0 Å². The van der Waals surface area contributed by atoms with E-state index in [1.165, 1.54) is 7.11 Å². The van der Waals surface area contributed by atoms with Gasteiger partial charge in [-0.05, 0) is 51.5 Å². The highest BCUT2D eigenvalue weighted by Gasteiger charge is 2.43. The summed E-state index contributed by atoms with van der Waals surface area (Å²) in [5.74, 6) is -2.64. The molecule has 1 heterocycles. The molecule has 1 aliphatic heterocycles. The van der Waals surface area contributed by atoms with Crippen LogP contribution in [0.15, 0.2) is 34.5 Å². The van der Waals surface area contributed by atoms with Gasteiger partial charge >= 0.3 is 11.9 Å². The predicted octanol–water partition coefficient (Wildman–Crippen LogP) is 4.58. The molecule has 1 aromatic carbocycles. The van der Waals surface area contributed by atoms with Crippen LogP contribution in [0.1, 0.15) is 39.2 Å². The van der Waals surface area contributed by atoms with Crippen LogP contribution in [0.2, 0.25) is 10.0 Å². The van der Waals surface area contributed by atoms with E-state index in [0.29, 0.717) is 27.0 Å². The van der Waals surface area contributed by atoms with Gasteiger partial charge in [-0.1, -0.05) is 23.2 Å². The predicted molar refractivity (Wildman–Crippen MR) is 113 cm³/mol. The van der Waals surface area contributed by atoms with Crippen LogP contribution in [0.5, 0.6) is 0 Å². The van der Waals surface area contributed by atoms with Gasteiger partial charge < -0.3 is 14.2 Å². The summed E-state index contributed by atoms with van der Waals surface area (Å²) in [6, 6.07) is 4.93. The molecular weight excluding hydrogens is 417 g/mol. The Morgan fingerprint density at radius 1 is 1.17 bits per heavy atom. The molecule has 0 saturated heterocycles. The summed E-state index contributed by atoms with van der Waals surface area (Å²) in [5, 5.41) is 0.816. The fourth-order valence-electron chi connectivity index (χ4n) is 3.30. The summed E-state index contributed by atoms with van der Waals surface area (Å²) in [6.45, 7) is 7.28. The van der Waals surface area contributed by atoms with Gasteiger partial charge in [0.05, 0.1) is 18.3 Å². The van der Waals surface area contributed by atoms with E-state index >= 15 is 0 Å². The number of hydrogen-bond acceptors (Lipinski definition) is 6. The topological polar surface area (TPSA) is 74.2 Å². The van der Waals surface area contributed by atoms with Crippen LogP contribution in [0.4, 0.5) is 0 Å². The van der Waals surface area contributed by atoms with E-state index in [1.807, 2.05) is 0 Å². The number of esters is 2. The van der Waals surface area contributed by atoms with Crippen molar-refractivity contribution in [3.8, 4) is 0 Å². The van der Waals surface area contributed by atoms with Crippen LogP contribution in [-0.4, -0.2) is 44.1 Å². The van der Waals surface area contributed by atoms with Crippen molar-refractivity contribution in [3.05, 3.63) is 45.1 Å². The first-order valence-electron chi connectivity index (χ1n) is 9.24. The second-order valence-corrected chi connectivity index (χ2v) is 7.83. The number of allylic oxidation sites excluding steroid dienone is 1. The van der Waals surface area contributed by atoms with Crippen LogP contribution in [0, 0.1) is 5.92 Å². The third kappa shape index (κ3) is 5.59. The van der Waals surface area contributed by atoms with Crippen LogP contribution in [-0.2, 0) is 23.8 Å². The number of carbonyl (C=O) groups excluding carboxylic acids is 2. The van der Waals surface area contributed by atoms with E-state index < -0.39 is 23.8 Å². The Morgan fingerprint density at radius 3 is 2.48 bits per heavy atom. The molecule has 158 valence electrons. The molecular formula is C21H25Cl2NO5. The molecule has 2 rings (SSSR count). The van der Waals surface area contributed by atoms with Gasteiger partial charge in [-0.3, -0.25) is 9.79 Å². The first-order valence-corrected chi connectivity index (χ1v) is 10.00. The maximum Gasteiger partial charge on any atom is 0.336 e. The average molecular weight is 442 g/mol. The summed E-state index contributed by atoms with van der Waals surface area (Å²) >= 11 is 12.6. The maximum atomic E-state index is 13.0. The van der Waals surface area contributed by atoms with Gasteiger partial charge in [0.25, 0.3) is 0 Å². The Hall–Kier alpha value is -1.89. The van der Waals surface area contributed by atoms with Crippen molar-refractivity contribution in [1.82, 2.24) is 0 Å². The Bertz CT molecular complexity index is 847. The van der Waals surface area contributed by atoms with Crippen molar-refractivity contribution in [2.24, 2.45) is 10.9 Å². The van der Waals surface area contributed by atoms with E-state index in [-0.39, 0.29) is 24.9 Å². The maximum absolute atomic E-state index is 13.0. The van der Waals surface area contributed by atoms with E-state index in [4.69, 9.17) is 37.4 Å². The fraction of sp³-hybridized carbons (Fsp3) is 0.476. The first-order chi connectivity index (χ1) is 13.7. The molecule has 6 nitrogen and oxygen atoms in total. The van der Waals surface area contributed by atoms with Gasteiger partial charge in [-0.2, -0.15) is 0 Å². The van der Waals surface area contributed by atoms with Gasteiger partial charge in [0, 0.05) is 34.5 Å². The second kappa shape index (κ2) is 10.2. The van der Waals surface area contributed by atoms with E-state index in [0.717, 1.165) is 0 Å². The number of nitrogens with zero attached hydrogens (tertiary/aromatic N) is 1. The zero-order valence-corrected chi connectivity index (χ0v) is 18.6. The molecule has 0 amide bonds. The van der Waals surface area contributed by atoms with Crippen LogP contribution in [0.3, 0.4) is 0 Å². The van der Waals surface area contributed by atoms with Crippen LogP contribution in [0.25, 0.3) is 0 Å². The standard InChI is InChI=1S/C21H25Cl2NO5/c1-11(2)29-21(26)18-13(4)24-12(3)17(20(25)28-9-8-27-5)19(18)15-10-14(22)6-7-16(15)23/h6-7,10-11,18-19H,8-9H2,1-5H3. The Morgan fingerprint density at radius 2 is 1.86 bits per heavy atom. The lowest BCUT2D eigenvalue weighted by atomic mass is 9.75. The smallest absolute Gasteiger partial charge is 0.336 e. The molecule has 2 atom stereocenters. The number of ether oxygens (including phenoxy) is 3. The molecule has 29 heavy (non-hydrogen) atoms. The number of rotatable bonds is 7. The monoisotopic (exact) mass is 441 g/mol. The van der Waals surface area contributed by atoms with E-state index in [2.05, 4.69) is 4.99 Å².